The number of nitrogens with one attached hydrogen (secondary N) is 1. The Morgan fingerprint density at radius 3 is 2.58 bits per heavy atom. The van der Waals surface area contributed by atoms with Crippen molar-refractivity contribution in [3.05, 3.63) is 22.2 Å². The van der Waals surface area contributed by atoms with Gasteiger partial charge in [0.05, 0.1) is 29.3 Å². The second-order valence-corrected chi connectivity index (χ2v) is 4.74. The fraction of sp³-hybridized carbons (Fsp3) is 0.583. The van der Waals surface area contributed by atoms with Gasteiger partial charge in [-0.1, -0.05) is 0 Å². The molecule has 0 radical (unpaired) electrons. The van der Waals surface area contributed by atoms with Crippen LogP contribution in [0.25, 0.3) is 0 Å². The fourth-order valence-corrected chi connectivity index (χ4v) is 2.26. The topological polar surface area (TPSA) is 80.5 Å². The van der Waals surface area contributed by atoms with Gasteiger partial charge in [-0.25, -0.2) is 4.98 Å². The van der Waals surface area contributed by atoms with Gasteiger partial charge in [-0.05, 0) is 13.8 Å². The first-order chi connectivity index (χ1) is 8.99. The molecule has 19 heavy (non-hydrogen) atoms. The van der Waals surface area contributed by atoms with Crippen molar-refractivity contribution in [2.45, 2.75) is 26.1 Å². The van der Waals surface area contributed by atoms with Gasteiger partial charge in [-0.3, -0.25) is 10.1 Å². The third-order valence-corrected chi connectivity index (χ3v) is 3.01. The maximum Gasteiger partial charge on any atom is 0.276 e. The van der Waals surface area contributed by atoms with Crippen molar-refractivity contribution in [3.63, 3.8) is 0 Å². The van der Waals surface area contributed by atoms with E-state index >= 15 is 0 Å². The average Bonchev–Trinajstić information content (AvgIpc) is 2.37. The Morgan fingerprint density at radius 1 is 1.42 bits per heavy atom. The molecule has 1 aliphatic heterocycles. The highest BCUT2D eigenvalue weighted by molar-refractivity contribution is 5.56. The number of morpholine rings is 1. The predicted octanol–water partition coefficient (Wildman–Crippen LogP) is 1.65. The summed E-state index contributed by atoms with van der Waals surface area (Å²) in [6.45, 7) is 5.33. The Balaban J connectivity index is 2.32. The summed E-state index contributed by atoms with van der Waals surface area (Å²) < 4.78 is 5.65. The minimum absolute atomic E-state index is 0.0427. The Morgan fingerprint density at radius 2 is 2.05 bits per heavy atom. The molecule has 0 amide bonds. The van der Waals surface area contributed by atoms with E-state index < -0.39 is 4.92 Å². The van der Waals surface area contributed by atoms with E-state index in [1.165, 1.54) is 12.1 Å². The molecule has 0 spiro atoms. The van der Waals surface area contributed by atoms with Gasteiger partial charge in [0.2, 0.25) is 0 Å². The SMILES string of the molecule is CNc1cc([N+](=O)[O-])cc(N2CC(C)OC(C)C2)n1. The first-order valence-corrected chi connectivity index (χ1v) is 6.24. The van der Waals surface area contributed by atoms with Crippen molar-refractivity contribution < 1.29 is 9.66 Å². The van der Waals surface area contributed by atoms with E-state index in [1.807, 2.05) is 18.7 Å². The van der Waals surface area contributed by atoms with Gasteiger partial charge >= 0.3 is 0 Å². The summed E-state index contributed by atoms with van der Waals surface area (Å²) in [5.41, 5.74) is 0.0427. The lowest BCUT2D eigenvalue weighted by Crippen LogP contribution is -2.45. The molecule has 0 aliphatic carbocycles. The van der Waals surface area contributed by atoms with Crippen LogP contribution in [0.3, 0.4) is 0 Å². The van der Waals surface area contributed by atoms with Gasteiger partial charge in [0.15, 0.2) is 0 Å². The van der Waals surface area contributed by atoms with Crippen molar-refractivity contribution >= 4 is 17.3 Å². The highest BCUT2D eigenvalue weighted by atomic mass is 16.6. The van der Waals surface area contributed by atoms with Gasteiger partial charge in [0.1, 0.15) is 11.6 Å². The predicted molar refractivity (Wildman–Crippen MR) is 72.7 cm³/mol. The summed E-state index contributed by atoms with van der Waals surface area (Å²) in [7, 11) is 1.69. The molecule has 1 saturated heterocycles. The van der Waals surface area contributed by atoms with Crippen molar-refractivity contribution in [1.82, 2.24) is 4.98 Å². The number of hydrogen-bond acceptors (Lipinski definition) is 6. The number of nitrogens with zero attached hydrogens (tertiary/aromatic N) is 3. The molecule has 7 heteroatoms. The number of nitro groups is 1. The van der Waals surface area contributed by atoms with Gasteiger partial charge in [0.25, 0.3) is 5.69 Å². The van der Waals surface area contributed by atoms with E-state index in [1.54, 1.807) is 7.05 Å². The van der Waals surface area contributed by atoms with Crippen LogP contribution >= 0.6 is 0 Å². The third-order valence-electron chi connectivity index (χ3n) is 3.01. The van der Waals surface area contributed by atoms with Crippen molar-refractivity contribution in [2.24, 2.45) is 0 Å². The lowest BCUT2D eigenvalue weighted by molar-refractivity contribution is -0.384. The number of rotatable bonds is 3. The molecule has 1 aromatic rings. The summed E-state index contributed by atoms with van der Waals surface area (Å²) in [5, 5.41) is 13.8. The molecule has 0 saturated carbocycles. The quantitative estimate of drug-likeness (QED) is 0.661. The van der Waals surface area contributed by atoms with Crippen LogP contribution in [0.15, 0.2) is 12.1 Å². The molecular formula is C12H18N4O3. The molecule has 2 atom stereocenters. The normalized spacial score (nSPS) is 23.2. The van der Waals surface area contributed by atoms with E-state index in [0.717, 1.165) is 0 Å². The van der Waals surface area contributed by atoms with E-state index in [0.29, 0.717) is 24.7 Å². The monoisotopic (exact) mass is 266 g/mol. The van der Waals surface area contributed by atoms with Crippen LogP contribution in [-0.4, -0.2) is 42.3 Å². The largest absolute Gasteiger partial charge is 0.373 e. The molecule has 1 aromatic heterocycles. The first kappa shape index (κ1) is 13.5. The Hall–Kier alpha value is -1.89. The number of hydrogen-bond donors (Lipinski definition) is 1. The van der Waals surface area contributed by atoms with Crippen LogP contribution in [0.4, 0.5) is 17.3 Å². The number of anilines is 2. The molecule has 1 aliphatic rings. The summed E-state index contributed by atoms with van der Waals surface area (Å²) in [6, 6.07) is 2.93. The molecule has 1 fully saturated rings. The standard InChI is InChI=1S/C12H18N4O3/c1-8-6-15(7-9(2)19-8)12-5-10(16(17)18)4-11(13-3)14-12/h4-5,8-9H,6-7H2,1-3H3,(H,13,14). The van der Waals surface area contributed by atoms with Gasteiger partial charge < -0.3 is 15.0 Å². The second-order valence-electron chi connectivity index (χ2n) is 4.74. The highest BCUT2D eigenvalue weighted by Crippen LogP contribution is 2.25. The molecular weight excluding hydrogens is 248 g/mol. The zero-order valence-electron chi connectivity index (χ0n) is 11.3. The molecule has 104 valence electrons. The van der Waals surface area contributed by atoms with E-state index in [-0.39, 0.29) is 17.9 Å². The number of ether oxygens (including phenoxy) is 1. The first-order valence-electron chi connectivity index (χ1n) is 6.24. The zero-order valence-corrected chi connectivity index (χ0v) is 11.3. The van der Waals surface area contributed by atoms with Crippen LogP contribution in [0.5, 0.6) is 0 Å². The van der Waals surface area contributed by atoms with Gasteiger partial charge in [0, 0.05) is 20.1 Å². The van der Waals surface area contributed by atoms with E-state index in [4.69, 9.17) is 4.74 Å². The average molecular weight is 266 g/mol. The number of pyridine rings is 1. The Labute approximate surface area is 111 Å². The summed E-state index contributed by atoms with van der Waals surface area (Å²) in [4.78, 5) is 16.9. The molecule has 0 bridgehead atoms. The number of aromatic nitrogens is 1. The van der Waals surface area contributed by atoms with Crippen molar-refractivity contribution in [2.75, 3.05) is 30.4 Å². The summed E-state index contributed by atoms with van der Waals surface area (Å²) in [5.74, 6) is 1.11. The van der Waals surface area contributed by atoms with Gasteiger partial charge in [-0.15, -0.1) is 0 Å². The van der Waals surface area contributed by atoms with E-state index in [9.17, 15) is 10.1 Å². The zero-order chi connectivity index (χ0) is 14.0. The maximum atomic E-state index is 10.9. The van der Waals surface area contributed by atoms with Crippen LogP contribution < -0.4 is 10.2 Å². The van der Waals surface area contributed by atoms with Crippen LogP contribution in [0.1, 0.15) is 13.8 Å². The molecule has 1 N–H and O–H groups in total. The molecule has 0 aromatic carbocycles. The molecule has 2 heterocycles. The smallest absolute Gasteiger partial charge is 0.276 e. The van der Waals surface area contributed by atoms with E-state index in [2.05, 4.69) is 10.3 Å². The van der Waals surface area contributed by atoms with Crippen LogP contribution in [0.2, 0.25) is 0 Å². The second kappa shape index (κ2) is 5.40. The summed E-state index contributed by atoms with van der Waals surface area (Å²) >= 11 is 0. The molecule has 2 rings (SSSR count). The lowest BCUT2D eigenvalue weighted by Gasteiger charge is -2.36. The molecule has 7 nitrogen and oxygen atoms in total. The van der Waals surface area contributed by atoms with Gasteiger partial charge in [-0.2, -0.15) is 0 Å². The fourth-order valence-electron chi connectivity index (χ4n) is 2.26. The maximum absolute atomic E-state index is 10.9. The van der Waals surface area contributed by atoms with Crippen molar-refractivity contribution in [1.29, 1.82) is 0 Å². The van der Waals surface area contributed by atoms with Crippen LogP contribution in [0, 0.1) is 10.1 Å². The molecule has 2 unspecified atom stereocenters. The highest BCUT2D eigenvalue weighted by Gasteiger charge is 2.24. The lowest BCUT2D eigenvalue weighted by atomic mass is 10.2. The van der Waals surface area contributed by atoms with Crippen molar-refractivity contribution in [3.8, 4) is 0 Å². The Bertz CT molecular complexity index is 470. The summed E-state index contributed by atoms with van der Waals surface area (Å²) in [6.07, 6.45) is 0.172. The van der Waals surface area contributed by atoms with Crippen LogP contribution in [-0.2, 0) is 4.74 Å². The third kappa shape index (κ3) is 3.11. The minimum Gasteiger partial charge on any atom is -0.373 e. The minimum atomic E-state index is -0.403. The Kier molecular flexibility index (Phi) is 3.84.